The van der Waals surface area contributed by atoms with E-state index in [1.807, 2.05) is 18.7 Å². The zero-order chi connectivity index (χ0) is 23.5. The fraction of sp³-hybridized carbons (Fsp3) is 0.435. The van der Waals surface area contributed by atoms with Gasteiger partial charge in [0.05, 0.1) is 17.6 Å². The lowest BCUT2D eigenvalue weighted by Gasteiger charge is -2.21. The minimum atomic E-state index is -3.21. The van der Waals surface area contributed by atoms with Crippen LogP contribution in [0.25, 0.3) is 11.3 Å². The summed E-state index contributed by atoms with van der Waals surface area (Å²) in [4.78, 5) is 26.3. The van der Waals surface area contributed by atoms with E-state index in [0.29, 0.717) is 29.4 Å². The first-order chi connectivity index (χ1) is 15.6. The topological polar surface area (TPSA) is 88.8 Å². The van der Waals surface area contributed by atoms with Crippen LogP contribution < -0.4 is 10.2 Å². The van der Waals surface area contributed by atoms with Crippen molar-refractivity contribution in [3.05, 3.63) is 42.1 Å². The van der Waals surface area contributed by atoms with Crippen molar-refractivity contribution in [3.63, 3.8) is 0 Å². The van der Waals surface area contributed by atoms with Crippen LogP contribution in [-0.4, -0.2) is 37.2 Å². The molecule has 1 saturated carbocycles. The Morgan fingerprint density at radius 3 is 2.58 bits per heavy atom. The summed E-state index contributed by atoms with van der Waals surface area (Å²) in [5.41, 5.74) is 2.85. The Balaban J connectivity index is 1.63. The average Bonchev–Trinajstić information content (AvgIpc) is 3.21. The molecule has 0 atom stereocenters. The van der Waals surface area contributed by atoms with Crippen molar-refractivity contribution in [2.75, 3.05) is 16.8 Å². The van der Waals surface area contributed by atoms with Crippen molar-refractivity contribution in [1.82, 2.24) is 24.7 Å². The first-order valence-corrected chi connectivity index (χ1v) is 10.9. The number of hydrogen-bond acceptors (Lipinski definition) is 6. The van der Waals surface area contributed by atoms with Crippen molar-refractivity contribution in [2.24, 2.45) is 0 Å². The highest BCUT2D eigenvalue weighted by atomic mass is 19.3. The number of hydrogen-bond donors (Lipinski definition) is 1. The van der Waals surface area contributed by atoms with Crippen LogP contribution in [0.1, 0.15) is 58.0 Å². The molecular weight excluding hydrogens is 428 g/mol. The maximum atomic E-state index is 14.4. The Morgan fingerprint density at radius 1 is 1.21 bits per heavy atom. The van der Waals surface area contributed by atoms with E-state index in [2.05, 4.69) is 25.4 Å². The smallest absolute Gasteiger partial charge is 0.303 e. The van der Waals surface area contributed by atoms with Crippen LogP contribution in [-0.2, 0) is 16.1 Å². The first-order valence-electron chi connectivity index (χ1n) is 10.9. The predicted molar refractivity (Wildman–Crippen MR) is 120 cm³/mol. The minimum Gasteiger partial charge on any atom is -0.325 e. The maximum absolute atomic E-state index is 14.4. The lowest BCUT2D eigenvalue weighted by Crippen LogP contribution is -2.22. The van der Waals surface area contributed by atoms with Crippen molar-refractivity contribution in [2.45, 2.75) is 57.9 Å². The number of rotatable bonds is 5. The summed E-state index contributed by atoms with van der Waals surface area (Å²) in [7, 11) is 0. The van der Waals surface area contributed by atoms with Crippen LogP contribution >= 0.6 is 0 Å². The van der Waals surface area contributed by atoms with Crippen molar-refractivity contribution in [1.29, 1.82) is 0 Å². The van der Waals surface area contributed by atoms with Gasteiger partial charge in [-0.25, -0.2) is 15.0 Å². The standard InChI is InChI=1S/C23H25F2N7O/c1-13(2)32-11-15(9-27-32)17-7-20(30-21(29-17)22(4,24)25)31-12-23(5-6-23)16-10-26-19(8-18(16)31)28-14(3)33/h7-11,13H,5-6,12H2,1-4H3,(H,26,28,33). The van der Waals surface area contributed by atoms with E-state index in [1.165, 1.54) is 6.92 Å². The molecule has 33 heavy (non-hydrogen) atoms. The van der Waals surface area contributed by atoms with Gasteiger partial charge in [0.2, 0.25) is 11.7 Å². The van der Waals surface area contributed by atoms with Gasteiger partial charge in [-0.1, -0.05) is 0 Å². The zero-order valence-corrected chi connectivity index (χ0v) is 18.9. The van der Waals surface area contributed by atoms with Crippen LogP contribution in [0.15, 0.2) is 30.7 Å². The molecule has 3 aromatic heterocycles. The molecule has 1 spiro atoms. The van der Waals surface area contributed by atoms with Crippen LogP contribution in [0.3, 0.4) is 0 Å². The number of alkyl halides is 2. The molecule has 0 radical (unpaired) electrons. The van der Waals surface area contributed by atoms with E-state index in [-0.39, 0.29) is 17.4 Å². The Kier molecular flexibility index (Phi) is 4.73. The number of amides is 1. The van der Waals surface area contributed by atoms with E-state index in [0.717, 1.165) is 31.0 Å². The number of carbonyl (C=O) groups excluding carboxylic acids is 1. The van der Waals surface area contributed by atoms with Crippen LogP contribution in [0.2, 0.25) is 0 Å². The molecule has 1 fully saturated rings. The third kappa shape index (κ3) is 3.83. The predicted octanol–water partition coefficient (Wildman–Crippen LogP) is 4.57. The molecular formula is C23H25F2N7O. The summed E-state index contributed by atoms with van der Waals surface area (Å²) in [6.07, 6.45) is 7.19. The third-order valence-electron chi connectivity index (χ3n) is 6.17. The van der Waals surface area contributed by atoms with Gasteiger partial charge < -0.3 is 10.2 Å². The normalized spacial score (nSPS) is 16.4. The molecule has 0 aromatic carbocycles. The van der Waals surface area contributed by atoms with Crippen molar-refractivity contribution < 1.29 is 13.6 Å². The number of nitrogens with one attached hydrogen (secondary N) is 1. The lowest BCUT2D eigenvalue weighted by molar-refractivity contribution is -0.114. The largest absolute Gasteiger partial charge is 0.325 e. The molecule has 8 nitrogen and oxygen atoms in total. The van der Waals surface area contributed by atoms with E-state index < -0.39 is 11.7 Å². The van der Waals surface area contributed by atoms with Gasteiger partial charge >= 0.3 is 5.92 Å². The van der Waals surface area contributed by atoms with Gasteiger partial charge in [-0.15, -0.1) is 0 Å². The molecule has 4 heterocycles. The van der Waals surface area contributed by atoms with Gasteiger partial charge in [0.25, 0.3) is 0 Å². The van der Waals surface area contributed by atoms with E-state index in [9.17, 15) is 13.6 Å². The maximum Gasteiger partial charge on any atom is 0.303 e. The van der Waals surface area contributed by atoms with E-state index >= 15 is 0 Å². The highest BCUT2D eigenvalue weighted by Gasteiger charge is 2.53. The molecule has 3 aromatic rings. The van der Waals surface area contributed by atoms with Crippen LogP contribution in [0.4, 0.5) is 26.1 Å². The molecule has 1 amide bonds. The molecule has 0 unspecified atom stereocenters. The van der Waals surface area contributed by atoms with Gasteiger partial charge in [0, 0.05) is 67.5 Å². The molecule has 0 bridgehead atoms. The molecule has 10 heteroatoms. The number of fused-ring (bicyclic) bond motifs is 2. The van der Waals surface area contributed by atoms with Gasteiger partial charge in [0.15, 0.2) is 0 Å². The monoisotopic (exact) mass is 453 g/mol. The summed E-state index contributed by atoms with van der Waals surface area (Å²) in [5, 5.41) is 7.03. The van der Waals surface area contributed by atoms with Crippen LogP contribution in [0, 0.1) is 0 Å². The summed E-state index contributed by atoms with van der Waals surface area (Å²) in [6.45, 7) is 6.81. The Labute approximate surface area is 190 Å². The Hall–Kier alpha value is -3.43. The highest BCUT2D eigenvalue weighted by molar-refractivity contribution is 5.89. The third-order valence-corrected chi connectivity index (χ3v) is 6.17. The molecule has 172 valence electrons. The zero-order valence-electron chi connectivity index (χ0n) is 18.9. The number of carbonyl (C=O) groups is 1. The second kappa shape index (κ2) is 7.29. The average molecular weight is 453 g/mol. The summed E-state index contributed by atoms with van der Waals surface area (Å²) < 4.78 is 30.6. The van der Waals surface area contributed by atoms with Crippen LogP contribution in [0.5, 0.6) is 0 Å². The fourth-order valence-corrected chi connectivity index (χ4v) is 4.25. The summed E-state index contributed by atoms with van der Waals surface area (Å²) in [6, 6.07) is 3.64. The SMILES string of the molecule is CC(=O)Nc1cc2c(cn1)C1(CC1)CN2c1cc(-c2cnn(C(C)C)c2)nc(C(C)(F)F)n1. The molecule has 1 aliphatic heterocycles. The first kappa shape index (κ1) is 21.4. The van der Waals surface area contributed by atoms with Crippen molar-refractivity contribution in [3.8, 4) is 11.3 Å². The Bertz CT molecular complexity index is 1240. The Morgan fingerprint density at radius 2 is 1.97 bits per heavy atom. The molecule has 1 N–H and O–H groups in total. The molecule has 2 aliphatic rings. The number of nitrogens with zero attached hydrogens (tertiary/aromatic N) is 6. The van der Waals surface area contributed by atoms with Gasteiger partial charge in [-0.2, -0.15) is 13.9 Å². The second-order valence-corrected chi connectivity index (χ2v) is 9.26. The number of pyridine rings is 1. The lowest BCUT2D eigenvalue weighted by atomic mass is 10.0. The van der Waals surface area contributed by atoms with Gasteiger partial charge in [-0.05, 0) is 26.7 Å². The quantitative estimate of drug-likeness (QED) is 0.609. The van der Waals surface area contributed by atoms with Gasteiger partial charge in [0.1, 0.15) is 11.6 Å². The molecule has 0 saturated heterocycles. The van der Waals surface area contributed by atoms with Crippen molar-refractivity contribution >= 4 is 23.2 Å². The van der Waals surface area contributed by atoms with E-state index in [1.54, 1.807) is 35.4 Å². The number of aromatic nitrogens is 5. The minimum absolute atomic E-state index is 0.0559. The highest BCUT2D eigenvalue weighted by Crippen LogP contribution is 2.58. The summed E-state index contributed by atoms with van der Waals surface area (Å²) in [5.74, 6) is -3.18. The fourth-order valence-electron chi connectivity index (χ4n) is 4.25. The number of anilines is 3. The van der Waals surface area contributed by atoms with Gasteiger partial charge in [-0.3, -0.25) is 9.48 Å². The van der Waals surface area contributed by atoms with E-state index in [4.69, 9.17) is 0 Å². The summed E-state index contributed by atoms with van der Waals surface area (Å²) >= 11 is 0. The molecule has 5 rings (SSSR count). The number of halogens is 2. The molecule has 1 aliphatic carbocycles. The second-order valence-electron chi connectivity index (χ2n) is 9.26.